The molecule has 0 aromatic heterocycles. The molecule has 1 aliphatic rings. The topological polar surface area (TPSA) is 74.7 Å². The summed E-state index contributed by atoms with van der Waals surface area (Å²) < 4.78 is 26.1. The minimum Gasteiger partial charge on any atom is -0.480 e. The predicted molar refractivity (Wildman–Crippen MR) is 75.6 cm³/mol. The quantitative estimate of drug-likeness (QED) is 0.918. The van der Waals surface area contributed by atoms with Gasteiger partial charge in [-0.25, -0.2) is 8.42 Å². The zero-order valence-corrected chi connectivity index (χ0v) is 12.2. The van der Waals surface area contributed by atoms with E-state index in [0.29, 0.717) is 12.0 Å². The summed E-state index contributed by atoms with van der Waals surface area (Å²) in [7, 11) is -3.61. The molecule has 0 saturated carbocycles. The van der Waals surface area contributed by atoms with E-state index in [-0.39, 0.29) is 18.2 Å². The number of benzene rings is 1. The van der Waals surface area contributed by atoms with Crippen LogP contribution in [0.5, 0.6) is 0 Å². The van der Waals surface area contributed by atoms with Gasteiger partial charge in [0.2, 0.25) is 10.0 Å². The van der Waals surface area contributed by atoms with Crippen LogP contribution < -0.4 is 0 Å². The summed E-state index contributed by atoms with van der Waals surface area (Å²) >= 11 is 0. The van der Waals surface area contributed by atoms with Crippen LogP contribution in [0.3, 0.4) is 0 Å². The Morgan fingerprint density at radius 2 is 2.00 bits per heavy atom. The van der Waals surface area contributed by atoms with Crippen LogP contribution in [0.25, 0.3) is 0 Å². The first-order chi connectivity index (χ1) is 9.42. The van der Waals surface area contributed by atoms with Crippen molar-refractivity contribution >= 4 is 16.0 Å². The molecule has 110 valence electrons. The molecule has 0 bridgehead atoms. The maximum Gasteiger partial charge on any atom is 0.322 e. The molecule has 6 heteroatoms. The number of carbonyl (C=O) groups is 1. The van der Waals surface area contributed by atoms with Gasteiger partial charge in [0.1, 0.15) is 6.04 Å². The van der Waals surface area contributed by atoms with Gasteiger partial charge in [-0.1, -0.05) is 37.3 Å². The maximum atomic E-state index is 12.5. The van der Waals surface area contributed by atoms with E-state index in [0.717, 1.165) is 10.7 Å². The van der Waals surface area contributed by atoms with E-state index >= 15 is 0 Å². The number of carboxylic acid groups (broad SMARTS) is 1. The third kappa shape index (κ3) is 3.19. The molecule has 2 atom stereocenters. The number of hydrogen-bond acceptors (Lipinski definition) is 3. The second-order valence-corrected chi connectivity index (χ2v) is 7.18. The Bertz CT molecular complexity index is 570. The van der Waals surface area contributed by atoms with E-state index in [9.17, 15) is 18.3 Å². The van der Waals surface area contributed by atoms with Gasteiger partial charge in [0.05, 0.1) is 5.75 Å². The molecule has 1 fully saturated rings. The van der Waals surface area contributed by atoms with Gasteiger partial charge in [-0.05, 0) is 24.3 Å². The molecule has 1 aromatic rings. The Labute approximate surface area is 119 Å². The van der Waals surface area contributed by atoms with Gasteiger partial charge >= 0.3 is 5.97 Å². The number of hydrogen-bond donors (Lipinski definition) is 1. The van der Waals surface area contributed by atoms with Crippen molar-refractivity contribution in [3.05, 3.63) is 35.9 Å². The number of piperidine rings is 1. The molecule has 1 aliphatic heterocycles. The van der Waals surface area contributed by atoms with Crippen LogP contribution in [0.2, 0.25) is 0 Å². The Balaban J connectivity index is 2.25. The molecule has 0 radical (unpaired) electrons. The molecule has 1 aromatic carbocycles. The van der Waals surface area contributed by atoms with Crippen molar-refractivity contribution < 1.29 is 18.3 Å². The zero-order valence-electron chi connectivity index (χ0n) is 11.4. The maximum absolute atomic E-state index is 12.5. The summed E-state index contributed by atoms with van der Waals surface area (Å²) in [4.78, 5) is 11.4. The molecule has 2 rings (SSSR count). The number of aliphatic carboxylic acids is 1. The van der Waals surface area contributed by atoms with Gasteiger partial charge in [-0.15, -0.1) is 0 Å². The number of nitrogens with zero attached hydrogens (tertiary/aromatic N) is 1. The highest BCUT2D eigenvalue weighted by molar-refractivity contribution is 7.88. The van der Waals surface area contributed by atoms with E-state index in [1.165, 1.54) is 0 Å². The van der Waals surface area contributed by atoms with Crippen LogP contribution in [0.4, 0.5) is 0 Å². The molecule has 2 unspecified atom stereocenters. The highest BCUT2D eigenvalue weighted by atomic mass is 32.2. The summed E-state index contributed by atoms with van der Waals surface area (Å²) in [6, 6.07) is 7.90. The van der Waals surface area contributed by atoms with Crippen LogP contribution in [-0.2, 0) is 20.6 Å². The van der Waals surface area contributed by atoms with Crippen molar-refractivity contribution in [1.29, 1.82) is 0 Å². The van der Waals surface area contributed by atoms with Crippen molar-refractivity contribution in [3.8, 4) is 0 Å². The summed E-state index contributed by atoms with van der Waals surface area (Å²) in [6.45, 7) is 2.08. The van der Waals surface area contributed by atoms with Crippen molar-refractivity contribution in [2.24, 2.45) is 5.92 Å². The van der Waals surface area contributed by atoms with E-state index in [1.54, 1.807) is 31.2 Å². The van der Waals surface area contributed by atoms with E-state index in [4.69, 9.17) is 0 Å². The third-order valence-corrected chi connectivity index (χ3v) is 5.51. The van der Waals surface area contributed by atoms with E-state index < -0.39 is 22.0 Å². The van der Waals surface area contributed by atoms with Gasteiger partial charge in [0.25, 0.3) is 0 Å². The number of carboxylic acids is 1. The average Bonchev–Trinajstić information content (AvgIpc) is 2.38. The highest BCUT2D eigenvalue weighted by Gasteiger charge is 2.40. The summed E-state index contributed by atoms with van der Waals surface area (Å²) in [6.07, 6.45) is 1.45. The highest BCUT2D eigenvalue weighted by Crippen LogP contribution is 2.27. The SMILES string of the molecule is CC1CCCN(S(=O)(=O)Cc2ccccc2)C1C(=O)O. The lowest BCUT2D eigenvalue weighted by molar-refractivity contribution is -0.144. The van der Waals surface area contributed by atoms with Crippen molar-refractivity contribution in [2.45, 2.75) is 31.6 Å². The molecule has 0 aliphatic carbocycles. The standard InChI is InChI=1S/C14H19NO4S/c1-11-6-5-9-15(13(11)14(16)17)20(18,19)10-12-7-3-2-4-8-12/h2-4,7-8,11,13H,5-6,9-10H2,1H3,(H,16,17). The average molecular weight is 297 g/mol. The second kappa shape index (κ2) is 5.93. The molecule has 0 spiro atoms. The fourth-order valence-corrected chi connectivity index (χ4v) is 4.53. The minimum absolute atomic E-state index is 0.148. The molecule has 5 nitrogen and oxygen atoms in total. The lowest BCUT2D eigenvalue weighted by atomic mass is 9.93. The molecule has 0 amide bonds. The van der Waals surface area contributed by atoms with E-state index in [1.807, 2.05) is 6.07 Å². The fraction of sp³-hybridized carbons (Fsp3) is 0.500. The fourth-order valence-electron chi connectivity index (χ4n) is 2.70. The molecule has 1 N–H and O–H groups in total. The molecule has 1 heterocycles. The first-order valence-electron chi connectivity index (χ1n) is 6.68. The lowest BCUT2D eigenvalue weighted by Crippen LogP contribution is -2.52. The molecule has 20 heavy (non-hydrogen) atoms. The first-order valence-corrected chi connectivity index (χ1v) is 8.29. The molecular formula is C14H19NO4S. The first kappa shape index (κ1) is 15.0. The largest absolute Gasteiger partial charge is 0.480 e. The zero-order chi connectivity index (χ0) is 14.8. The van der Waals surface area contributed by atoms with Gasteiger partial charge in [-0.3, -0.25) is 4.79 Å². The van der Waals surface area contributed by atoms with Crippen LogP contribution in [0.15, 0.2) is 30.3 Å². The van der Waals surface area contributed by atoms with Crippen LogP contribution in [0, 0.1) is 5.92 Å². The number of sulfonamides is 1. The summed E-state index contributed by atoms with van der Waals surface area (Å²) in [5.74, 6) is -1.37. The molecular weight excluding hydrogens is 278 g/mol. The van der Waals surface area contributed by atoms with Gasteiger partial charge < -0.3 is 5.11 Å². The van der Waals surface area contributed by atoms with E-state index in [2.05, 4.69) is 0 Å². The van der Waals surface area contributed by atoms with Crippen molar-refractivity contribution in [2.75, 3.05) is 6.54 Å². The van der Waals surface area contributed by atoms with Crippen LogP contribution >= 0.6 is 0 Å². The Hall–Kier alpha value is -1.40. The Morgan fingerprint density at radius 1 is 1.35 bits per heavy atom. The lowest BCUT2D eigenvalue weighted by Gasteiger charge is -2.36. The smallest absolute Gasteiger partial charge is 0.322 e. The van der Waals surface area contributed by atoms with Crippen LogP contribution in [-0.4, -0.2) is 36.4 Å². The Morgan fingerprint density at radius 3 is 2.60 bits per heavy atom. The summed E-state index contributed by atoms with van der Waals surface area (Å²) in [5, 5.41) is 9.30. The second-order valence-electron chi connectivity index (χ2n) is 5.26. The minimum atomic E-state index is -3.61. The predicted octanol–water partition coefficient (Wildman–Crippen LogP) is 1.70. The third-order valence-electron chi connectivity index (χ3n) is 3.69. The monoisotopic (exact) mass is 297 g/mol. The number of rotatable bonds is 4. The van der Waals surface area contributed by atoms with Crippen molar-refractivity contribution in [1.82, 2.24) is 4.31 Å². The van der Waals surface area contributed by atoms with Crippen LogP contribution in [0.1, 0.15) is 25.3 Å². The van der Waals surface area contributed by atoms with Gasteiger partial charge in [0, 0.05) is 6.54 Å². The van der Waals surface area contributed by atoms with Crippen molar-refractivity contribution in [3.63, 3.8) is 0 Å². The normalized spacial score (nSPS) is 24.4. The Kier molecular flexibility index (Phi) is 4.45. The van der Waals surface area contributed by atoms with Gasteiger partial charge in [0.15, 0.2) is 0 Å². The molecule has 1 saturated heterocycles. The van der Waals surface area contributed by atoms with Gasteiger partial charge in [-0.2, -0.15) is 4.31 Å². The summed E-state index contributed by atoms with van der Waals surface area (Å²) in [5.41, 5.74) is 0.676.